The second-order valence-electron chi connectivity index (χ2n) is 4.53. The van der Waals surface area contributed by atoms with Gasteiger partial charge in [0.2, 0.25) is 5.91 Å². The molecule has 7 heteroatoms. The van der Waals surface area contributed by atoms with Crippen LogP contribution in [-0.4, -0.2) is 27.3 Å². The summed E-state index contributed by atoms with van der Waals surface area (Å²) in [4.78, 5) is 11.7. The summed E-state index contributed by atoms with van der Waals surface area (Å²) in [6, 6.07) is 7.17. The Morgan fingerprint density at radius 2 is 2.14 bits per heavy atom. The highest BCUT2D eigenvalue weighted by atomic mass is 35.5. The first-order valence-corrected chi connectivity index (χ1v) is 6.94. The minimum atomic E-state index is -0.109. The van der Waals surface area contributed by atoms with E-state index in [0.717, 1.165) is 5.82 Å². The van der Waals surface area contributed by atoms with E-state index < -0.39 is 0 Å². The summed E-state index contributed by atoms with van der Waals surface area (Å²) in [5.41, 5.74) is 0. The third-order valence-electron chi connectivity index (χ3n) is 3.05. The zero-order valence-electron chi connectivity index (χ0n) is 12.0. The van der Waals surface area contributed by atoms with Gasteiger partial charge in [0.05, 0.1) is 24.6 Å². The lowest BCUT2D eigenvalue weighted by molar-refractivity contribution is -0.121. The second kappa shape index (κ2) is 7.08. The molecule has 2 aromatic rings. The summed E-state index contributed by atoms with van der Waals surface area (Å²) < 4.78 is 7.30. The Hall–Kier alpha value is -2.08. The first kappa shape index (κ1) is 15.3. The predicted octanol–water partition coefficient (Wildman–Crippen LogP) is 1.86. The van der Waals surface area contributed by atoms with Crippen molar-refractivity contribution in [3.05, 3.63) is 40.9 Å². The van der Waals surface area contributed by atoms with Crippen LogP contribution >= 0.6 is 11.6 Å². The molecule has 0 fully saturated rings. The lowest BCUT2D eigenvalue weighted by Crippen LogP contribution is -2.25. The van der Waals surface area contributed by atoms with Crippen molar-refractivity contribution in [2.24, 2.45) is 7.05 Å². The molecule has 0 aliphatic carbocycles. The van der Waals surface area contributed by atoms with Crippen LogP contribution in [0.3, 0.4) is 0 Å². The molecule has 0 atom stereocenters. The summed E-state index contributed by atoms with van der Waals surface area (Å²) in [6.45, 7) is 2.48. The minimum absolute atomic E-state index is 0.109. The van der Waals surface area contributed by atoms with Crippen LogP contribution < -0.4 is 10.1 Å². The summed E-state index contributed by atoms with van der Waals surface area (Å²) in [7, 11) is 1.86. The van der Waals surface area contributed by atoms with Crippen LogP contribution in [0.2, 0.25) is 5.02 Å². The van der Waals surface area contributed by atoms with E-state index in [1.54, 1.807) is 12.1 Å². The van der Waals surface area contributed by atoms with Crippen molar-refractivity contribution in [2.45, 2.75) is 19.9 Å². The number of para-hydroxylation sites is 1. The van der Waals surface area contributed by atoms with Gasteiger partial charge in [-0.05, 0) is 19.1 Å². The Balaban J connectivity index is 1.73. The van der Waals surface area contributed by atoms with Crippen molar-refractivity contribution in [2.75, 3.05) is 6.61 Å². The van der Waals surface area contributed by atoms with E-state index in [0.29, 0.717) is 23.1 Å². The molecule has 0 bridgehead atoms. The molecular weight excluding hydrogens is 292 g/mol. The molecule has 0 aliphatic heterocycles. The van der Waals surface area contributed by atoms with Gasteiger partial charge in [0.1, 0.15) is 11.6 Å². The maximum atomic E-state index is 11.7. The summed E-state index contributed by atoms with van der Waals surface area (Å²) in [5.74, 6) is 1.99. The smallest absolute Gasteiger partial charge is 0.223 e. The molecule has 0 saturated carbocycles. The van der Waals surface area contributed by atoms with Crippen LogP contribution in [0, 0.1) is 6.92 Å². The van der Waals surface area contributed by atoms with E-state index in [1.807, 2.05) is 30.7 Å². The van der Waals surface area contributed by atoms with Gasteiger partial charge < -0.3 is 14.6 Å². The van der Waals surface area contributed by atoms with E-state index >= 15 is 0 Å². The number of halogens is 1. The summed E-state index contributed by atoms with van der Waals surface area (Å²) >= 11 is 5.96. The molecule has 112 valence electrons. The van der Waals surface area contributed by atoms with Gasteiger partial charge in [0.25, 0.3) is 0 Å². The highest BCUT2D eigenvalue weighted by Crippen LogP contribution is 2.22. The number of aromatic nitrogens is 3. The van der Waals surface area contributed by atoms with Crippen molar-refractivity contribution >= 4 is 17.5 Å². The number of hydrogen-bond donors (Lipinski definition) is 1. The number of hydrogen-bond acceptors (Lipinski definition) is 4. The van der Waals surface area contributed by atoms with Crippen LogP contribution in [-0.2, 0) is 18.4 Å². The molecule has 0 radical (unpaired) electrons. The number of rotatable bonds is 6. The highest BCUT2D eigenvalue weighted by Gasteiger charge is 2.08. The van der Waals surface area contributed by atoms with Gasteiger partial charge >= 0.3 is 0 Å². The number of ether oxygens (including phenoxy) is 1. The van der Waals surface area contributed by atoms with E-state index in [4.69, 9.17) is 16.3 Å². The third kappa shape index (κ3) is 4.19. The second-order valence-corrected chi connectivity index (χ2v) is 4.94. The topological polar surface area (TPSA) is 69.0 Å². The third-order valence-corrected chi connectivity index (χ3v) is 3.36. The van der Waals surface area contributed by atoms with Crippen molar-refractivity contribution < 1.29 is 9.53 Å². The van der Waals surface area contributed by atoms with Gasteiger partial charge in [-0.25, -0.2) is 0 Å². The normalized spacial score (nSPS) is 10.4. The maximum absolute atomic E-state index is 11.7. The molecular formula is C14H17ClN4O2. The quantitative estimate of drug-likeness (QED) is 0.884. The van der Waals surface area contributed by atoms with Gasteiger partial charge in [0.15, 0.2) is 5.82 Å². The average molecular weight is 309 g/mol. The van der Waals surface area contributed by atoms with E-state index in [1.165, 1.54) is 0 Å². The van der Waals surface area contributed by atoms with E-state index in [2.05, 4.69) is 15.5 Å². The van der Waals surface area contributed by atoms with E-state index in [-0.39, 0.29) is 18.9 Å². The molecule has 21 heavy (non-hydrogen) atoms. The van der Waals surface area contributed by atoms with Gasteiger partial charge in [-0.1, -0.05) is 23.7 Å². The first-order chi connectivity index (χ1) is 10.1. The van der Waals surface area contributed by atoms with Gasteiger partial charge in [-0.15, -0.1) is 10.2 Å². The standard InChI is InChI=1S/C14H17ClN4O2/c1-10-17-18-13(19(10)2)9-16-14(20)7-8-21-12-6-4-3-5-11(12)15/h3-6H,7-9H2,1-2H3,(H,16,20). The van der Waals surface area contributed by atoms with Crippen LogP contribution in [0.4, 0.5) is 0 Å². The predicted molar refractivity (Wildman–Crippen MR) is 79.2 cm³/mol. The molecule has 1 aromatic heterocycles. The molecule has 6 nitrogen and oxygen atoms in total. The fraction of sp³-hybridized carbons (Fsp3) is 0.357. The Kier molecular flexibility index (Phi) is 5.16. The molecule has 0 saturated heterocycles. The zero-order valence-corrected chi connectivity index (χ0v) is 12.7. The molecule has 1 heterocycles. The number of carbonyl (C=O) groups excluding carboxylic acids is 1. The first-order valence-electron chi connectivity index (χ1n) is 6.57. The molecule has 1 N–H and O–H groups in total. The van der Waals surface area contributed by atoms with Gasteiger partial charge in [-0.3, -0.25) is 4.79 Å². The monoisotopic (exact) mass is 308 g/mol. The largest absolute Gasteiger partial charge is 0.491 e. The lowest BCUT2D eigenvalue weighted by atomic mass is 10.3. The Morgan fingerprint density at radius 3 is 2.81 bits per heavy atom. The molecule has 1 amide bonds. The fourth-order valence-corrected chi connectivity index (χ4v) is 1.88. The van der Waals surface area contributed by atoms with Crippen molar-refractivity contribution in [1.82, 2.24) is 20.1 Å². The number of carbonyl (C=O) groups is 1. The van der Waals surface area contributed by atoms with Gasteiger partial charge in [0, 0.05) is 7.05 Å². The number of nitrogens with zero attached hydrogens (tertiary/aromatic N) is 3. The average Bonchev–Trinajstić information content (AvgIpc) is 2.79. The van der Waals surface area contributed by atoms with Crippen LogP contribution in [0.5, 0.6) is 5.75 Å². The molecule has 0 aliphatic rings. The van der Waals surface area contributed by atoms with Crippen molar-refractivity contribution in [1.29, 1.82) is 0 Å². The SMILES string of the molecule is Cc1nnc(CNC(=O)CCOc2ccccc2Cl)n1C. The van der Waals surface area contributed by atoms with Crippen molar-refractivity contribution in [3.63, 3.8) is 0 Å². The number of aryl methyl sites for hydroxylation is 1. The molecule has 2 rings (SSSR count). The minimum Gasteiger partial charge on any atom is -0.491 e. The molecule has 0 unspecified atom stereocenters. The number of nitrogens with one attached hydrogen (secondary N) is 1. The Bertz CT molecular complexity index is 627. The molecule has 0 spiro atoms. The number of amides is 1. The summed E-state index contributed by atoms with van der Waals surface area (Å²) in [5, 5.41) is 11.2. The fourth-order valence-electron chi connectivity index (χ4n) is 1.69. The Morgan fingerprint density at radius 1 is 1.38 bits per heavy atom. The Labute approximate surface area is 128 Å². The number of benzene rings is 1. The van der Waals surface area contributed by atoms with Crippen LogP contribution in [0.15, 0.2) is 24.3 Å². The highest BCUT2D eigenvalue weighted by molar-refractivity contribution is 6.32. The maximum Gasteiger partial charge on any atom is 0.223 e. The van der Waals surface area contributed by atoms with Crippen molar-refractivity contribution in [3.8, 4) is 5.75 Å². The molecule has 1 aromatic carbocycles. The van der Waals surface area contributed by atoms with Gasteiger partial charge in [-0.2, -0.15) is 0 Å². The van der Waals surface area contributed by atoms with Crippen LogP contribution in [0.25, 0.3) is 0 Å². The van der Waals surface area contributed by atoms with Crippen LogP contribution in [0.1, 0.15) is 18.1 Å². The van der Waals surface area contributed by atoms with E-state index in [9.17, 15) is 4.79 Å². The zero-order chi connectivity index (χ0) is 15.2. The lowest BCUT2D eigenvalue weighted by Gasteiger charge is -2.08. The summed E-state index contributed by atoms with van der Waals surface area (Å²) in [6.07, 6.45) is 0.252.